The molecular weight excluding hydrogens is 366 g/mol. The van der Waals surface area contributed by atoms with Gasteiger partial charge in [0, 0.05) is 38.9 Å². The molecule has 1 aliphatic heterocycles. The van der Waals surface area contributed by atoms with Crippen LogP contribution in [0.5, 0.6) is 11.5 Å². The van der Waals surface area contributed by atoms with E-state index in [9.17, 15) is 0 Å². The Bertz CT molecular complexity index is 805. The fourth-order valence-corrected chi connectivity index (χ4v) is 3.28. The molecule has 1 aromatic carbocycles. The van der Waals surface area contributed by atoms with Crippen LogP contribution in [0.3, 0.4) is 0 Å². The fourth-order valence-electron chi connectivity index (χ4n) is 3.28. The van der Waals surface area contributed by atoms with Crippen molar-refractivity contribution in [1.82, 2.24) is 15.6 Å². The van der Waals surface area contributed by atoms with Gasteiger partial charge in [0.25, 0.3) is 0 Å². The first-order valence-electron chi connectivity index (χ1n) is 10.1. The van der Waals surface area contributed by atoms with E-state index >= 15 is 0 Å². The number of hydrogen-bond acceptors (Lipinski definition) is 5. The molecule has 7 nitrogen and oxygen atoms in total. The zero-order chi connectivity index (χ0) is 20.5. The van der Waals surface area contributed by atoms with Crippen molar-refractivity contribution in [3.8, 4) is 11.5 Å². The van der Waals surface area contributed by atoms with E-state index in [0.717, 1.165) is 36.4 Å². The number of guanidine groups is 1. The number of rotatable bonds is 8. The first kappa shape index (κ1) is 20.8. The third kappa shape index (κ3) is 6.27. The molecule has 0 saturated carbocycles. The lowest BCUT2D eigenvalue weighted by Crippen LogP contribution is -2.41. The molecule has 0 radical (unpaired) electrons. The summed E-state index contributed by atoms with van der Waals surface area (Å²) < 4.78 is 11.2. The second kappa shape index (κ2) is 10.5. The molecule has 29 heavy (non-hydrogen) atoms. The molecule has 3 rings (SSSR count). The third-order valence-corrected chi connectivity index (χ3v) is 4.86. The van der Waals surface area contributed by atoms with Crippen molar-refractivity contribution in [3.05, 3.63) is 48.2 Å². The van der Waals surface area contributed by atoms with Gasteiger partial charge in [0.05, 0.1) is 13.7 Å². The zero-order valence-corrected chi connectivity index (χ0v) is 17.5. The lowest BCUT2D eigenvalue weighted by atomic mass is 10.2. The van der Waals surface area contributed by atoms with Crippen LogP contribution in [0.1, 0.15) is 25.3 Å². The molecule has 1 unspecified atom stereocenters. The van der Waals surface area contributed by atoms with Gasteiger partial charge in [0.15, 0.2) is 5.96 Å². The minimum Gasteiger partial charge on any atom is -0.497 e. The highest BCUT2D eigenvalue weighted by Gasteiger charge is 2.13. The van der Waals surface area contributed by atoms with Gasteiger partial charge in [-0.1, -0.05) is 6.07 Å². The van der Waals surface area contributed by atoms with Crippen molar-refractivity contribution in [1.29, 1.82) is 0 Å². The van der Waals surface area contributed by atoms with Gasteiger partial charge in [-0.05, 0) is 49.6 Å². The average Bonchev–Trinajstić information content (AvgIpc) is 3.29. The minimum absolute atomic E-state index is 0.0247. The van der Waals surface area contributed by atoms with Gasteiger partial charge in [0.2, 0.25) is 0 Å². The summed E-state index contributed by atoms with van der Waals surface area (Å²) in [7, 11) is 3.42. The maximum Gasteiger partial charge on any atom is 0.191 e. The van der Waals surface area contributed by atoms with E-state index in [1.54, 1.807) is 14.2 Å². The van der Waals surface area contributed by atoms with E-state index in [-0.39, 0.29) is 6.10 Å². The molecule has 1 saturated heterocycles. The Kier molecular flexibility index (Phi) is 7.55. The summed E-state index contributed by atoms with van der Waals surface area (Å²) in [4.78, 5) is 11.2. The van der Waals surface area contributed by atoms with Crippen molar-refractivity contribution >= 4 is 11.8 Å². The van der Waals surface area contributed by atoms with Crippen molar-refractivity contribution in [3.63, 3.8) is 0 Å². The summed E-state index contributed by atoms with van der Waals surface area (Å²) in [6, 6.07) is 11.8. The number of pyridine rings is 1. The van der Waals surface area contributed by atoms with E-state index in [1.165, 1.54) is 18.4 Å². The number of ether oxygens (including phenoxy) is 2. The van der Waals surface area contributed by atoms with E-state index in [4.69, 9.17) is 9.47 Å². The smallest absolute Gasteiger partial charge is 0.191 e. The summed E-state index contributed by atoms with van der Waals surface area (Å²) in [6.45, 7) is 5.53. The molecule has 1 atom stereocenters. The van der Waals surface area contributed by atoms with Gasteiger partial charge < -0.3 is 25.0 Å². The monoisotopic (exact) mass is 397 g/mol. The predicted molar refractivity (Wildman–Crippen MR) is 117 cm³/mol. The molecular formula is C22H31N5O2. The van der Waals surface area contributed by atoms with Crippen molar-refractivity contribution in [2.75, 3.05) is 38.7 Å². The summed E-state index contributed by atoms with van der Waals surface area (Å²) in [5.74, 6) is 3.37. The van der Waals surface area contributed by atoms with Crippen LogP contribution in [0.15, 0.2) is 47.6 Å². The quantitative estimate of drug-likeness (QED) is 0.527. The molecule has 0 aliphatic carbocycles. The number of aromatic nitrogens is 1. The van der Waals surface area contributed by atoms with Crippen LogP contribution < -0.4 is 25.0 Å². The Morgan fingerprint density at radius 3 is 2.72 bits per heavy atom. The Morgan fingerprint density at radius 2 is 1.97 bits per heavy atom. The summed E-state index contributed by atoms with van der Waals surface area (Å²) in [5, 5.41) is 6.67. The third-order valence-electron chi connectivity index (χ3n) is 4.86. The maximum absolute atomic E-state index is 5.95. The second-order valence-electron chi connectivity index (χ2n) is 7.13. The zero-order valence-electron chi connectivity index (χ0n) is 17.5. The summed E-state index contributed by atoms with van der Waals surface area (Å²) in [6.07, 6.45) is 4.35. The Balaban J connectivity index is 1.46. The molecule has 1 aromatic heterocycles. The molecule has 1 aliphatic rings. The van der Waals surface area contributed by atoms with E-state index < -0.39 is 0 Å². The highest BCUT2D eigenvalue weighted by atomic mass is 16.5. The van der Waals surface area contributed by atoms with Crippen molar-refractivity contribution in [2.24, 2.45) is 4.99 Å². The van der Waals surface area contributed by atoms with E-state index in [2.05, 4.69) is 31.6 Å². The molecule has 1 fully saturated rings. The molecule has 2 aromatic rings. The van der Waals surface area contributed by atoms with Gasteiger partial charge >= 0.3 is 0 Å². The highest BCUT2D eigenvalue weighted by Crippen LogP contribution is 2.20. The second-order valence-corrected chi connectivity index (χ2v) is 7.13. The Morgan fingerprint density at radius 1 is 1.17 bits per heavy atom. The van der Waals surface area contributed by atoms with Crippen LogP contribution >= 0.6 is 0 Å². The van der Waals surface area contributed by atoms with Crippen LogP contribution in [0.25, 0.3) is 0 Å². The number of methoxy groups -OCH3 is 1. The molecule has 0 bridgehead atoms. The standard InChI is InChI=1S/C22H31N5O2/c1-17(29-20-8-6-7-19(14-20)28-3)15-25-22(23-2)26-16-18-9-10-24-21(13-18)27-11-4-5-12-27/h6-10,13-14,17H,4-5,11-12,15-16H2,1-3H3,(H2,23,25,26). The first-order chi connectivity index (χ1) is 14.2. The van der Waals surface area contributed by atoms with Crippen LogP contribution in [-0.4, -0.2) is 50.8 Å². The fraction of sp³-hybridized carbons (Fsp3) is 0.455. The normalized spacial score (nSPS) is 15.1. The van der Waals surface area contributed by atoms with E-state index in [1.807, 2.05) is 43.5 Å². The number of hydrogen-bond donors (Lipinski definition) is 2. The topological polar surface area (TPSA) is 71.0 Å². The predicted octanol–water partition coefficient (Wildman–Crippen LogP) is 2.82. The largest absolute Gasteiger partial charge is 0.497 e. The summed E-state index contributed by atoms with van der Waals surface area (Å²) in [5.41, 5.74) is 1.19. The Labute approximate surface area is 173 Å². The number of aliphatic imine (C=N–C) groups is 1. The van der Waals surface area contributed by atoms with Gasteiger partial charge in [-0.3, -0.25) is 4.99 Å². The maximum atomic E-state index is 5.95. The van der Waals surface area contributed by atoms with Crippen LogP contribution in [0.4, 0.5) is 5.82 Å². The SMILES string of the molecule is CN=C(NCc1ccnc(N2CCCC2)c1)NCC(C)Oc1cccc(OC)c1. The van der Waals surface area contributed by atoms with Gasteiger partial charge in [-0.25, -0.2) is 4.98 Å². The number of benzene rings is 1. The lowest BCUT2D eigenvalue weighted by Gasteiger charge is -2.19. The van der Waals surface area contributed by atoms with Crippen LogP contribution in [0.2, 0.25) is 0 Å². The highest BCUT2D eigenvalue weighted by molar-refractivity contribution is 5.79. The van der Waals surface area contributed by atoms with Crippen molar-refractivity contribution < 1.29 is 9.47 Å². The molecule has 0 amide bonds. The number of nitrogens with one attached hydrogen (secondary N) is 2. The summed E-state index contributed by atoms with van der Waals surface area (Å²) >= 11 is 0. The molecule has 7 heteroatoms. The molecule has 2 N–H and O–H groups in total. The molecule has 156 valence electrons. The van der Waals surface area contributed by atoms with E-state index in [0.29, 0.717) is 13.1 Å². The van der Waals surface area contributed by atoms with Gasteiger partial charge in [-0.15, -0.1) is 0 Å². The molecule has 2 heterocycles. The minimum atomic E-state index is -0.0247. The number of nitrogens with zero attached hydrogens (tertiary/aromatic N) is 3. The Hall–Kier alpha value is -2.96. The van der Waals surface area contributed by atoms with Crippen LogP contribution in [-0.2, 0) is 6.54 Å². The molecule has 0 spiro atoms. The lowest BCUT2D eigenvalue weighted by molar-refractivity contribution is 0.223. The van der Waals surface area contributed by atoms with Gasteiger partial charge in [-0.2, -0.15) is 0 Å². The average molecular weight is 398 g/mol. The number of anilines is 1. The first-order valence-corrected chi connectivity index (χ1v) is 10.1. The van der Waals surface area contributed by atoms with Crippen LogP contribution in [0, 0.1) is 0 Å². The van der Waals surface area contributed by atoms with Gasteiger partial charge in [0.1, 0.15) is 23.4 Å². The van der Waals surface area contributed by atoms with Crippen molar-refractivity contribution in [2.45, 2.75) is 32.4 Å².